The second-order valence-electron chi connectivity index (χ2n) is 2.46. The van der Waals surface area contributed by atoms with Gasteiger partial charge in [-0.15, -0.1) is 0 Å². The van der Waals surface area contributed by atoms with E-state index in [9.17, 15) is 0 Å². The molecule has 1 atom stereocenters. The summed E-state index contributed by atoms with van der Waals surface area (Å²) in [6.07, 6.45) is 2.84. The highest BCUT2D eigenvalue weighted by Crippen LogP contribution is 1.94. The Kier molecular flexibility index (Phi) is 2.53. The van der Waals surface area contributed by atoms with Crippen molar-refractivity contribution in [3.05, 3.63) is 11.9 Å². The van der Waals surface area contributed by atoms with Crippen molar-refractivity contribution < 1.29 is 0 Å². The van der Waals surface area contributed by atoms with E-state index in [2.05, 4.69) is 15.5 Å². The first-order chi connectivity index (χ1) is 4.83. The van der Waals surface area contributed by atoms with Crippen molar-refractivity contribution in [3.8, 4) is 0 Å². The van der Waals surface area contributed by atoms with Crippen LogP contribution in [0.2, 0.25) is 0 Å². The van der Waals surface area contributed by atoms with Crippen LogP contribution in [-0.2, 0) is 6.42 Å². The van der Waals surface area contributed by atoms with Crippen LogP contribution < -0.4 is 11.1 Å². The molecule has 0 fully saturated rings. The summed E-state index contributed by atoms with van der Waals surface area (Å²) in [5.74, 6) is 0. The second kappa shape index (κ2) is 3.43. The molecule has 58 valence electrons. The normalized spacial score (nSPS) is 13.8. The number of nitrogens with one attached hydrogen (secondary N) is 3. The van der Waals surface area contributed by atoms with Gasteiger partial charge in [0.05, 0.1) is 5.69 Å². The minimum atomic E-state index is 0.214. The molecule has 10 heavy (non-hydrogen) atoms. The summed E-state index contributed by atoms with van der Waals surface area (Å²) in [6.45, 7) is 0.860. The van der Waals surface area contributed by atoms with Gasteiger partial charge >= 0.3 is 0 Å². The van der Waals surface area contributed by atoms with Gasteiger partial charge in [0, 0.05) is 25.2 Å². The Morgan fingerprint density at radius 1 is 1.80 bits per heavy atom. The van der Waals surface area contributed by atoms with E-state index in [0.29, 0.717) is 0 Å². The number of aromatic amines is 2. The third-order valence-electron chi connectivity index (χ3n) is 1.43. The predicted molar refractivity (Wildman–Crippen MR) is 40.7 cm³/mol. The van der Waals surface area contributed by atoms with E-state index in [0.717, 1.165) is 13.0 Å². The number of aromatic nitrogens is 2. The first-order valence-electron chi connectivity index (χ1n) is 3.43. The number of hydrogen-bond donors (Lipinski definition) is 4. The van der Waals surface area contributed by atoms with Crippen LogP contribution >= 0.6 is 0 Å². The Bertz CT molecular complexity index is 158. The highest BCUT2D eigenvalue weighted by Gasteiger charge is 2.03. The number of H-pyrrole nitrogens is 2. The molecule has 4 nitrogen and oxygen atoms in total. The molecule has 1 heterocycles. The maximum absolute atomic E-state index is 5.72. The van der Waals surface area contributed by atoms with E-state index in [1.54, 1.807) is 0 Å². The lowest BCUT2D eigenvalue weighted by Crippen LogP contribution is -2.34. The highest BCUT2D eigenvalue weighted by atomic mass is 15.1. The predicted octanol–water partition coefficient (Wildman–Crippen LogP) is -0.568. The van der Waals surface area contributed by atoms with Crippen molar-refractivity contribution in [1.29, 1.82) is 0 Å². The SMILES string of the molecule is CNCC(N)Cc1c[nH][nH]1. The molecular weight excluding hydrogens is 128 g/mol. The van der Waals surface area contributed by atoms with E-state index < -0.39 is 0 Å². The second-order valence-corrected chi connectivity index (χ2v) is 2.46. The van der Waals surface area contributed by atoms with Crippen molar-refractivity contribution >= 4 is 0 Å². The largest absolute Gasteiger partial charge is 0.326 e. The zero-order valence-electron chi connectivity index (χ0n) is 6.15. The van der Waals surface area contributed by atoms with Crippen LogP contribution in [0.5, 0.6) is 0 Å². The smallest absolute Gasteiger partial charge is 0.0505 e. The molecule has 0 aromatic carbocycles. The summed E-state index contributed by atoms with van der Waals surface area (Å²) < 4.78 is 0. The summed E-state index contributed by atoms with van der Waals surface area (Å²) in [5, 5.41) is 8.78. The molecule has 1 aromatic rings. The van der Waals surface area contributed by atoms with Crippen molar-refractivity contribution in [2.45, 2.75) is 12.5 Å². The van der Waals surface area contributed by atoms with Gasteiger partial charge in [-0.1, -0.05) is 0 Å². The Morgan fingerprint density at radius 3 is 2.90 bits per heavy atom. The first kappa shape index (κ1) is 7.37. The average molecular weight is 142 g/mol. The Hall–Kier alpha value is -0.740. The van der Waals surface area contributed by atoms with Gasteiger partial charge in [0.2, 0.25) is 0 Å². The Morgan fingerprint density at radius 2 is 2.50 bits per heavy atom. The first-order valence-corrected chi connectivity index (χ1v) is 3.43. The summed E-state index contributed by atoms with van der Waals surface area (Å²) in [6, 6.07) is 0.214. The van der Waals surface area contributed by atoms with Crippen molar-refractivity contribution in [3.63, 3.8) is 0 Å². The Labute approximate surface area is 60.2 Å². The lowest BCUT2D eigenvalue weighted by atomic mass is 10.2. The lowest BCUT2D eigenvalue weighted by Gasteiger charge is -2.11. The van der Waals surface area contributed by atoms with Crippen LogP contribution in [0.15, 0.2) is 6.20 Å². The van der Waals surface area contributed by atoms with Gasteiger partial charge in [-0.05, 0) is 7.05 Å². The molecule has 0 aliphatic heterocycles. The molecule has 1 unspecified atom stereocenters. The molecule has 0 saturated carbocycles. The molecule has 1 aromatic heterocycles. The van der Waals surface area contributed by atoms with Gasteiger partial charge in [0.15, 0.2) is 0 Å². The van der Waals surface area contributed by atoms with Gasteiger partial charge in [-0.25, -0.2) is 0 Å². The van der Waals surface area contributed by atoms with Crippen LogP contribution in [0.3, 0.4) is 0 Å². The Balaban J connectivity index is 2.16. The van der Waals surface area contributed by atoms with Crippen LogP contribution in [0, 0.1) is 0 Å². The summed E-state index contributed by atoms with van der Waals surface area (Å²) in [4.78, 5) is 0. The molecule has 0 amide bonds. The minimum absolute atomic E-state index is 0.214. The minimum Gasteiger partial charge on any atom is -0.326 e. The fraction of sp³-hybridized carbons (Fsp3) is 0.667. The van der Waals surface area contributed by atoms with Gasteiger partial charge in [0.25, 0.3) is 0 Å². The molecule has 0 saturated heterocycles. The lowest BCUT2D eigenvalue weighted by molar-refractivity contribution is 0.595. The molecule has 0 aliphatic rings. The van der Waals surface area contributed by atoms with Crippen LogP contribution in [0.25, 0.3) is 0 Å². The molecule has 0 spiro atoms. The van der Waals surface area contributed by atoms with Crippen molar-refractivity contribution in [2.24, 2.45) is 5.73 Å². The molecule has 0 bridgehead atoms. The van der Waals surface area contributed by atoms with Gasteiger partial charge in [0.1, 0.15) is 0 Å². The van der Waals surface area contributed by atoms with E-state index in [-0.39, 0.29) is 6.04 Å². The van der Waals surface area contributed by atoms with E-state index in [1.807, 2.05) is 13.2 Å². The standard InChI is InChI=1S/C6H14N4/c1-8-3-5(7)2-6-4-9-10-6/h4-5,8-10H,2-3,7H2,1H3. The zero-order chi connectivity index (χ0) is 7.40. The number of nitrogens with two attached hydrogens (primary N) is 1. The molecule has 5 N–H and O–H groups in total. The molecule has 0 aliphatic carbocycles. The maximum Gasteiger partial charge on any atom is 0.0505 e. The fourth-order valence-corrected chi connectivity index (χ4v) is 0.901. The third kappa shape index (κ3) is 1.89. The number of rotatable bonds is 4. The molecule has 4 heteroatoms. The van der Waals surface area contributed by atoms with Crippen molar-refractivity contribution in [2.75, 3.05) is 13.6 Å². The van der Waals surface area contributed by atoms with E-state index >= 15 is 0 Å². The summed E-state index contributed by atoms with van der Waals surface area (Å²) >= 11 is 0. The molecule has 1 rings (SSSR count). The molecular formula is C6H14N4. The number of hydrogen-bond acceptors (Lipinski definition) is 2. The highest BCUT2D eigenvalue weighted by molar-refractivity contribution is 4.96. The van der Waals surface area contributed by atoms with E-state index in [4.69, 9.17) is 5.73 Å². The van der Waals surface area contributed by atoms with Crippen LogP contribution in [-0.4, -0.2) is 29.8 Å². The van der Waals surface area contributed by atoms with Gasteiger partial charge < -0.3 is 21.2 Å². The average Bonchev–Trinajstić information content (AvgIpc) is 1.80. The summed E-state index contributed by atoms with van der Waals surface area (Å²) in [7, 11) is 1.90. The topological polar surface area (TPSA) is 69.6 Å². The monoisotopic (exact) mass is 142 g/mol. The van der Waals surface area contributed by atoms with Crippen LogP contribution in [0.4, 0.5) is 0 Å². The molecule has 0 radical (unpaired) electrons. The number of likely N-dealkylation sites (N-methyl/N-ethyl adjacent to an activating group) is 1. The summed E-state index contributed by atoms with van der Waals surface area (Å²) in [5.41, 5.74) is 6.91. The van der Waals surface area contributed by atoms with Crippen LogP contribution in [0.1, 0.15) is 5.69 Å². The zero-order valence-corrected chi connectivity index (χ0v) is 6.15. The van der Waals surface area contributed by atoms with Gasteiger partial charge in [-0.2, -0.15) is 0 Å². The fourth-order valence-electron chi connectivity index (χ4n) is 0.901. The quantitative estimate of drug-likeness (QED) is 0.455. The van der Waals surface area contributed by atoms with Gasteiger partial charge in [-0.3, -0.25) is 0 Å². The van der Waals surface area contributed by atoms with E-state index in [1.165, 1.54) is 5.69 Å². The van der Waals surface area contributed by atoms with Crippen molar-refractivity contribution in [1.82, 2.24) is 15.5 Å². The maximum atomic E-state index is 5.72. The third-order valence-corrected chi connectivity index (χ3v) is 1.43.